The summed E-state index contributed by atoms with van der Waals surface area (Å²) in [5.74, 6) is 1.11. The second-order valence-corrected chi connectivity index (χ2v) is 4.33. The second-order valence-electron chi connectivity index (χ2n) is 4.33. The molecule has 72 valence electrons. The van der Waals surface area contributed by atoms with Gasteiger partial charge in [0.25, 0.3) is 0 Å². The highest BCUT2D eigenvalue weighted by Gasteiger charge is 2.37. The van der Waals surface area contributed by atoms with Crippen LogP contribution in [0.25, 0.3) is 0 Å². The number of hydrogen-bond acceptors (Lipinski definition) is 2. The molecule has 2 nitrogen and oxygen atoms in total. The van der Waals surface area contributed by atoms with E-state index in [1.165, 1.54) is 17.5 Å². The Bertz CT molecular complexity index is 397. The van der Waals surface area contributed by atoms with Crippen molar-refractivity contribution < 1.29 is 5.21 Å². The second kappa shape index (κ2) is 2.84. The highest BCUT2D eigenvalue weighted by Crippen LogP contribution is 2.44. The Balaban J connectivity index is 2.07. The van der Waals surface area contributed by atoms with Gasteiger partial charge in [0.05, 0.1) is 5.71 Å². The van der Waals surface area contributed by atoms with Crippen LogP contribution in [-0.4, -0.2) is 10.9 Å². The lowest BCUT2D eigenvalue weighted by Gasteiger charge is -2.21. The van der Waals surface area contributed by atoms with E-state index >= 15 is 0 Å². The van der Waals surface area contributed by atoms with E-state index in [0.717, 1.165) is 18.6 Å². The molecule has 1 saturated carbocycles. The van der Waals surface area contributed by atoms with Crippen LogP contribution in [0.4, 0.5) is 0 Å². The van der Waals surface area contributed by atoms with Gasteiger partial charge in [-0.2, -0.15) is 0 Å². The lowest BCUT2D eigenvalue weighted by molar-refractivity contribution is 0.315. The zero-order chi connectivity index (χ0) is 9.54. The molecular formula is C12H13NO. The summed E-state index contributed by atoms with van der Waals surface area (Å²) >= 11 is 0. The van der Waals surface area contributed by atoms with Crippen LogP contribution in [0.15, 0.2) is 29.4 Å². The molecule has 0 radical (unpaired) electrons. The van der Waals surface area contributed by atoms with Crippen LogP contribution in [0.3, 0.4) is 0 Å². The van der Waals surface area contributed by atoms with Crippen molar-refractivity contribution in [1.29, 1.82) is 0 Å². The highest BCUT2D eigenvalue weighted by atomic mass is 16.4. The van der Waals surface area contributed by atoms with E-state index in [1.807, 2.05) is 0 Å². The van der Waals surface area contributed by atoms with Crippen LogP contribution in [0, 0.1) is 5.92 Å². The number of oxime groups is 1. The lowest BCUT2D eigenvalue weighted by atomic mass is 9.83. The third-order valence-electron chi connectivity index (χ3n) is 3.59. The topological polar surface area (TPSA) is 32.6 Å². The Labute approximate surface area is 83.3 Å². The fourth-order valence-electron chi connectivity index (χ4n) is 2.93. The van der Waals surface area contributed by atoms with Gasteiger partial charge >= 0.3 is 0 Å². The first-order valence-electron chi connectivity index (χ1n) is 5.17. The summed E-state index contributed by atoms with van der Waals surface area (Å²) in [5.41, 5.74) is 3.93. The summed E-state index contributed by atoms with van der Waals surface area (Å²) in [6, 6.07) is 8.62. The first-order chi connectivity index (χ1) is 6.88. The molecule has 14 heavy (non-hydrogen) atoms. The zero-order valence-corrected chi connectivity index (χ0v) is 7.98. The van der Waals surface area contributed by atoms with Crippen molar-refractivity contribution in [3.05, 3.63) is 35.4 Å². The molecule has 0 saturated heterocycles. The van der Waals surface area contributed by atoms with E-state index in [4.69, 9.17) is 5.21 Å². The van der Waals surface area contributed by atoms with Gasteiger partial charge in [0.15, 0.2) is 0 Å². The Morgan fingerprint density at radius 1 is 1.14 bits per heavy atom. The summed E-state index contributed by atoms with van der Waals surface area (Å²) in [7, 11) is 0. The minimum absolute atomic E-state index is 0.500. The molecule has 0 heterocycles. The summed E-state index contributed by atoms with van der Waals surface area (Å²) in [6.07, 6.45) is 3.20. The molecule has 1 fully saturated rings. The quantitative estimate of drug-likeness (QED) is 0.491. The van der Waals surface area contributed by atoms with Crippen molar-refractivity contribution in [2.75, 3.05) is 0 Å². The first kappa shape index (κ1) is 8.04. The number of benzene rings is 1. The van der Waals surface area contributed by atoms with Crippen molar-refractivity contribution >= 4 is 5.71 Å². The minimum Gasteiger partial charge on any atom is -0.411 e. The largest absolute Gasteiger partial charge is 0.411 e. The molecule has 3 rings (SSSR count). The maximum atomic E-state index is 8.88. The predicted octanol–water partition coefficient (Wildman–Crippen LogP) is 2.57. The smallest absolute Gasteiger partial charge is 0.0611 e. The van der Waals surface area contributed by atoms with Crippen LogP contribution in [0.2, 0.25) is 0 Å². The third-order valence-corrected chi connectivity index (χ3v) is 3.59. The summed E-state index contributed by atoms with van der Waals surface area (Å²) < 4.78 is 0. The van der Waals surface area contributed by atoms with E-state index in [0.29, 0.717) is 11.8 Å². The SMILES string of the molecule is ON=C1CC2CC1Cc1ccccc12. The molecule has 0 spiro atoms. The lowest BCUT2D eigenvalue weighted by Crippen LogP contribution is -2.13. The van der Waals surface area contributed by atoms with Crippen LogP contribution in [0.5, 0.6) is 0 Å². The van der Waals surface area contributed by atoms with Gasteiger partial charge in [-0.25, -0.2) is 0 Å². The Kier molecular flexibility index (Phi) is 1.63. The fourth-order valence-corrected chi connectivity index (χ4v) is 2.93. The van der Waals surface area contributed by atoms with E-state index < -0.39 is 0 Å². The molecule has 1 aromatic carbocycles. The van der Waals surface area contributed by atoms with E-state index in [-0.39, 0.29) is 0 Å². The van der Waals surface area contributed by atoms with Gasteiger partial charge in [-0.3, -0.25) is 0 Å². The van der Waals surface area contributed by atoms with Crippen molar-refractivity contribution in [2.24, 2.45) is 11.1 Å². The monoisotopic (exact) mass is 187 g/mol. The maximum Gasteiger partial charge on any atom is 0.0611 e. The van der Waals surface area contributed by atoms with Gasteiger partial charge in [-0.15, -0.1) is 0 Å². The van der Waals surface area contributed by atoms with E-state index in [2.05, 4.69) is 29.4 Å². The van der Waals surface area contributed by atoms with E-state index in [1.54, 1.807) is 0 Å². The third kappa shape index (κ3) is 0.999. The molecule has 1 N–H and O–H groups in total. The summed E-state index contributed by atoms with van der Waals surface area (Å²) in [6.45, 7) is 0. The number of fused-ring (bicyclic) bond motifs is 4. The van der Waals surface area contributed by atoms with Gasteiger partial charge in [0.2, 0.25) is 0 Å². The first-order valence-corrected chi connectivity index (χ1v) is 5.17. The van der Waals surface area contributed by atoms with Crippen molar-refractivity contribution in [2.45, 2.75) is 25.2 Å². The molecule has 1 aromatic rings. The fraction of sp³-hybridized carbons (Fsp3) is 0.417. The average Bonchev–Trinajstić information content (AvgIpc) is 2.57. The Hall–Kier alpha value is -1.31. The highest BCUT2D eigenvalue weighted by molar-refractivity contribution is 5.90. The predicted molar refractivity (Wildman–Crippen MR) is 54.8 cm³/mol. The average molecular weight is 187 g/mol. The van der Waals surface area contributed by atoms with Crippen molar-refractivity contribution in [1.82, 2.24) is 0 Å². The number of nitrogens with zero attached hydrogens (tertiary/aromatic N) is 1. The zero-order valence-electron chi connectivity index (χ0n) is 7.98. The van der Waals surface area contributed by atoms with Gasteiger partial charge < -0.3 is 5.21 Å². The molecule has 2 atom stereocenters. The van der Waals surface area contributed by atoms with Crippen LogP contribution < -0.4 is 0 Å². The Morgan fingerprint density at radius 2 is 2.00 bits per heavy atom. The van der Waals surface area contributed by atoms with Gasteiger partial charge in [-0.1, -0.05) is 29.4 Å². The molecule has 2 heteroatoms. The number of hydrogen-bond donors (Lipinski definition) is 1. The molecule has 0 amide bonds. The van der Waals surface area contributed by atoms with E-state index in [9.17, 15) is 0 Å². The van der Waals surface area contributed by atoms with Gasteiger partial charge in [0, 0.05) is 5.92 Å². The van der Waals surface area contributed by atoms with Crippen LogP contribution >= 0.6 is 0 Å². The molecule has 2 unspecified atom stereocenters. The van der Waals surface area contributed by atoms with Crippen LogP contribution in [0.1, 0.15) is 29.9 Å². The Morgan fingerprint density at radius 3 is 2.86 bits per heavy atom. The summed E-state index contributed by atoms with van der Waals surface area (Å²) in [4.78, 5) is 0. The molecule has 2 aliphatic rings. The van der Waals surface area contributed by atoms with Crippen molar-refractivity contribution in [3.63, 3.8) is 0 Å². The molecule has 2 aliphatic carbocycles. The van der Waals surface area contributed by atoms with Gasteiger partial charge in [0.1, 0.15) is 0 Å². The van der Waals surface area contributed by atoms with Gasteiger partial charge in [-0.05, 0) is 36.3 Å². The van der Waals surface area contributed by atoms with Crippen LogP contribution in [-0.2, 0) is 6.42 Å². The van der Waals surface area contributed by atoms with Crippen molar-refractivity contribution in [3.8, 4) is 0 Å². The molecule has 2 bridgehead atoms. The normalized spacial score (nSPS) is 31.9. The summed E-state index contributed by atoms with van der Waals surface area (Å²) in [5, 5.41) is 12.3. The maximum absolute atomic E-state index is 8.88. The standard InChI is InChI=1S/C12H13NO/c14-13-12-7-9-6-10(12)5-8-3-1-2-4-11(8)9/h1-4,9-10,14H,5-7H2. The number of rotatable bonds is 0. The molecule has 0 aliphatic heterocycles. The molecule has 0 aromatic heterocycles. The molecular weight excluding hydrogens is 174 g/mol. The minimum atomic E-state index is 0.500.